The lowest BCUT2D eigenvalue weighted by molar-refractivity contribution is -0.165. The van der Waals surface area contributed by atoms with Gasteiger partial charge < -0.3 is 19.7 Å². The fourth-order valence-corrected chi connectivity index (χ4v) is 4.13. The Balaban J connectivity index is 1.39. The van der Waals surface area contributed by atoms with Gasteiger partial charge in [-0.25, -0.2) is 0 Å². The second kappa shape index (κ2) is 9.61. The van der Waals surface area contributed by atoms with Crippen molar-refractivity contribution in [2.75, 3.05) is 26.2 Å². The van der Waals surface area contributed by atoms with Gasteiger partial charge in [0.25, 0.3) is 12.2 Å². The fraction of sp³-hybridized carbons (Fsp3) is 0.435. The predicted octanol–water partition coefficient (Wildman–Crippen LogP) is 4.16. The van der Waals surface area contributed by atoms with Gasteiger partial charge in [0.2, 0.25) is 0 Å². The molecule has 6 heteroatoms. The number of nitrogens with one attached hydrogen (secondary N) is 1. The predicted molar refractivity (Wildman–Crippen MR) is 113 cm³/mol. The monoisotopic (exact) mass is 414 g/mol. The van der Waals surface area contributed by atoms with Crippen molar-refractivity contribution in [3.05, 3.63) is 64.7 Å². The molecule has 154 valence electrons. The van der Waals surface area contributed by atoms with Crippen LogP contribution in [0.3, 0.4) is 0 Å². The molecular formula is C23H27ClN2O3. The summed E-state index contributed by atoms with van der Waals surface area (Å²) in [5.41, 5.74) is 1.79. The average molecular weight is 415 g/mol. The molecule has 2 aromatic carbocycles. The Hall–Kier alpha value is -2.08. The summed E-state index contributed by atoms with van der Waals surface area (Å²) in [5.74, 6) is 0.383. The van der Waals surface area contributed by atoms with Crippen LogP contribution in [0.5, 0.6) is 5.75 Å². The van der Waals surface area contributed by atoms with E-state index >= 15 is 0 Å². The van der Waals surface area contributed by atoms with Crippen molar-refractivity contribution < 1.29 is 14.3 Å². The maximum atomic E-state index is 12.7. The number of fused-ring (bicyclic) bond motifs is 1. The summed E-state index contributed by atoms with van der Waals surface area (Å²) < 4.78 is 11.9. The first-order valence-electron chi connectivity index (χ1n) is 10.4. The van der Waals surface area contributed by atoms with E-state index < -0.39 is 12.4 Å². The standard InChI is InChI=1S/C23H27ClN2O3/c24-18-10-11-20-19(16-18)21(17-8-3-1-4-9-17)29-23(28-20)22(27)25-12-7-15-26-13-5-2-6-14-26/h1,3-4,8-11,16,21,23H,2,5-7,12-15H2,(H,25,27)/t21-,23-/m0/s1. The summed E-state index contributed by atoms with van der Waals surface area (Å²) in [6, 6.07) is 15.2. The number of carbonyl (C=O) groups excluding carboxylic acids is 1. The van der Waals surface area contributed by atoms with Crippen LogP contribution < -0.4 is 10.1 Å². The van der Waals surface area contributed by atoms with Crippen molar-refractivity contribution in [2.24, 2.45) is 0 Å². The smallest absolute Gasteiger partial charge is 0.289 e. The van der Waals surface area contributed by atoms with Gasteiger partial charge in [-0.05, 0) is 62.7 Å². The molecule has 1 amide bonds. The lowest BCUT2D eigenvalue weighted by Crippen LogP contribution is -2.44. The van der Waals surface area contributed by atoms with E-state index in [0.717, 1.165) is 24.1 Å². The second-order valence-electron chi connectivity index (χ2n) is 7.61. The van der Waals surface area contributed by atoms with Crippen LogP contribution in [-0.2, 0) is 9.53 Å². The number of piperidine rings is 1. The molecule has 0 aromatic heterocycles. The van der Waals surface area contributed by atoms with Crippen LogP contribution in [-0.4, -0.2) is 43.3 Å². The normalized spacial score (nSPS) is 21.8. The number of rotatable bonds is 6. The van der Waals surface area contributed by atoms with Gasteiger partial charge in [-0.2, -0.15) is 0 Å². The Morgan fingerprint density at radius 3 is 2.69 bits per heavy atom. The molecule has 5 nitrogen and oxygen atoms in total. The third kappa shape index (κ3) is 5.10. The first kappa shape index (κ1) is 20.2. The van der Waals surface area contributed by atoms with E-state index in [4.69, 9.17) is 21.1 Å². The van der Waals surface area contributed by atoms with Gasteiger partial charge in [-0.1, -0.05) is 48.4 Å². The number of hydrogen-bond acceptors (Lipinski definition) is 4. The number of nitrogens with zero attached hydrogens (tertiary/aromatic N) is 1. The van der Waals surface area contributed by atoms with E-state index in [2.05, 4.69) is 10.2 Å². The van der Waals surface area contributed by atoms with Crippen LogP contribution in [0, 0.1) is 0 Å². The maximum absolute atomic E-state index is 12.7. The molecular weight excluding hydrogens is 388 g/mol. The van der Waals surface area contributed by atoms with Gasteiger partial charge in [-0.15, -0.1) is 0 Å². The molecule has 0 aliphatic carbocycles. The first-order chi connectivity index (χ1) is 14.2. The topological polar surface area (TPSA) is 50.8 Å². The summed E-state index contributed by atoms with van der Waals surface area (Å²) in [6.45, 7) is 3.96. The number of likely N-dealkylation sites (tertiary alicyclic amines) is 1. The zero-order valence-electron chi connectivity index (χ0n) is 16.5. The average Bonchev–Trinajstić information content (AvgIpc) is 2.77. The zero-order valence-corrected chi connectivity index (χ0v) is 17.2. The third-order valence-corrected chi connectivity index (χ3v) is 5.70. The Morgan fingerprint density at radius 1 is 1.10 bits per heavy atom. The summed E-state index contributed by atoms with van der Waals surface area (Å²) >= 11 is 6.18. The molecule has 0 saturated carbocycles. The highest BCUT2D eigenvalue weighted by Crippen LogP contribution is 2.39. The molecule has 4 rings (SSSR count). The van der Waals surface area contributed by atoms with Crippen LogP contribution in [0.25, 0.3) is 0 Å². The fourth-order valence-electron chi connectivity index (χ4n) is 3.95. The minimum absolute atomic E-state index is 0.245. The molecule has 2 atom stereocenters. The van der Waals surface area contributed by atoms with Gasteiger partial charge in [0.05, 0.1) is 0 Å². The number of halogens is 1. The number of hydrogen-bond donors (Lipinski definition) is 1. The van der Waals surface area contributed by atoms with Crippen LogP contribution in [0.2, 0.25) is 5.02 Å². The van der Waals surface area contributed by atoms with Crippen molar-refractivity contribution in [2.45, 2.75) is 38.1 Å². The van der Waals surface area contributed by atoms with Crippen molar-refractivity contribution in [1.82, 2.24) is 10.2 Å². The molecule has 1 fully saturated rings. The number of benzene rings is 2. The zero-order chi connectivity index (χ0) is 20.1. The SMILES string of the molecule is O=C(NCCCN1CCCCC1)[C@H]1Oc2ccc(Cl)cc2[C@H](c2ccccc2)O1. The lowest BCUT2D eigenvalue weighted by Gasteiger charge is -2.32. The van der Waals surface area contributed by atoms with Crippen LogP contribution in [0.1, 0.15) is 42.9 Å². The summed E-state index contributed by atoms with van der Waals surface area (Å²) in [4.78, 5) is 15.2. The molecule has 0 spiro atoms. The van der Waals surface area contributed by atoms with Gasteiger partial charge >= 0.3 is 0 Å². The maximum Gasteiger partial charge on any atom is 0.289 e. The molecule has 0 unspecified atom stereocenters. The van der Waals surface area contributed by atoms with E-state index in [9.17, 15) is 4.79 Å². The molecule has 29 heavy (non-hydrogen) atoms. The number of amides is 1. The number of carbonyl (C=O) groups is 1. The Kier molecular flexibility index (Phi) is 6.70. The number of ether oxygens (including phenoxy) is 2. The van der Waals surface area contributed by atoms with E-state index in [1.54, 1.807) is 12.1 Å². The lowest BCUT2D eigenvalue weighted by atomic mass is 9.99. The highest BCUT2D eigenvalue weighted by atomic mass is 35.5. The van der Waals surface area contributed by atoms with E-state index in [1.807, 2.05) is 36.4 Å². The summed E-state index contributed by atoms with van der Waals surface area (Å²) in [7, 11) is 0. The summed E-state index contributed by atoms with van der Waals surface area (Å²) in [5, 5.41) is 3.57. The third-order valence-electron chi connectivity index (χ3n) is 5.46. The minimum Gasteiger partial charge on any atom is -0.455 e. The van der Waals surface area contributed by atoms with Gasteiger partial charge in [-0.3, -0.25) is 4.79 Å². The van der Waals surface area contributed by atoms with Crippen LogP contribution >= 0.6 is 11.6 Å². The highest BCUT2D eigenvalue weighted by molar-refractivity contribution is 6.30. The molecule has 2 aliphatic rings. The first-order valence-corrected chi connectivity index (χ1v) is 10.7. The quantitative estimate of drug-likeness (QED) is 0.721. The Morgan fingerprint density at radius 2 is 1.90 bits per heavy atom. The largest absolute Gasteiger partial charge is 0.455 e. The molecule has 2 heterocycles. The molecule has 1 saturated heterocycles. The van der Waals surface area contributed by atoms with Gasteiger partial charge in [0.1, 0.15) is 11.9 Å². The van der Waals surface area contributed by atoms with Crippen LogP contribution in [0.15, 0.2) is 48.5 Å². The van der Waals surface area contributed by atoms with Crippen molar-refractivity contribution >= 4 is 17.5 Å². The van der Waals surface area contributed by atoms with Gasteiger partial charge in [0.15, 0.2) is 0 Å². The van der Waals surface area contributed by atoms with Crippen molar-refractivity contribution in [1.29, 1.82) is 0 Å². The van der Waals surface area contributed by atoms with E-state index in [-0.39, 0.29) is 5.91 Å². The van der Waals surface area contributed by atoms with Gasteiger partial charge in [0, 0.05) is 17.1 Å². The molecule has 2 aromatic rings. The van der Waals surface area contributed by atoms with Crippen LogP contribution in [0.4, 0.5) is 0 Å². The van der Waals surface area contributed by atoms with Crippen molar-refractivity contribution in [3.8, 4) is 5.75 Å². The molecule has 0 radical (unpaired) electrons. The highest BCUT2D eigenvalue weighted by Gasteiger charge is 2.34. The Bertz CT molecular complexity index is 824. The minimum atomic E-state index is -0.983. The molecule has 0 bridgehead atoms. The Labute approximate surface area is 176 Å². The molecule has 1 N–H and O–H groups in total. The van der Waals surface area contributed by atoms with E-state index in [0.29, 0.717) is 17.3 Å². The van der Waals surface area contributed by atoms with Crippen molar-refractivity contribution in [3.63, 3.8) is 0 Å². The molecule has 2 aliphatic heterocycles. The van der Waals surface area contributed by atoms with E-state index in [1.165, 1.54) is 32.4 Å². The summed E-state index contributed by atoms with van der Waals surface area (Å²) in [6.07, 6.45) is 3.43. The second-order valence-corrected chi connectivity index (χ2v) is 8.04.